The van der Waals surface area contributed by atoms with E-state index in [2.05, 4.69) is 0 Å². The molecule has 0 fully saturated rings. The normalized spacial score (nSPS) is 11.2. The Hall–Kier alpha value is -2.63. The van der Waals surface area contributed by atoms with Crippen LogP contribution in [0.3, 0.4) is 0 Å². The fraction of sp³-hybridized carbons (Fsp3) is 0.211. The van der Waals surface area contributed by atoms with Crippen molar-refractivity contribution in [2.45, 2.75) is 13.2 Å². The Labute approximate surface area is 140 Å². The molecule has 0 aliphatic heterocycles. The average molecular weight is 328 g/mol. The van der Waals surface area contributed by atoms with Gasteiger partial charge in [-0.1, -0.05) is 36.4 Å². The van der Waals surface area contributed by atoms with Gasteiger partial charge < -0.3 is 19.7 Å². The fourth-order valence-corrected chi connectivity index (χ4v) is 2.30. The van der Waals surface area contributed by atoms with Crippen LogP contribution in [0.5, 0.6) is 5.75 Å². The second kappa shape index (κ2) is 8.29. The first-order valence-electron chi connectivity index (χ1n) is 7.41. The van der Waals surface area contributed by atoms with Crippen LogP contribution in [0.2, 0.25) is 0 Å². The lowest BCUT2D eigenvalue weighted by Gasteiger charge is -2.11. The van der Waals surface area contributed by atoms with Crippen molar-refractivity contribution in [1.29, 1.82) is 0 Å². The monoisotopic (exact) mass is 328 g/mol. The molecule has 0 bridgehead atoms. The Bertz CT molecular complexity index is 732. The molecule has 5 heteroatoms. The van der Waals surface area contributed by atoms with Crippen LogP contribution in [0.15, 0.2) is 42.5 Å². The molecular formula is C19H20O5. The molecule has 0 aromatic heterocycles. The highest BCUT2D eigenvalue weighted by atomic mass is 16.5. The van der Waals surface area contributed by atoms with E-state index >= 15 is 0 Å². The minimum absolute atomic E-state index is 0.0341. The number of ether oxygens (including phenoxy) is 2. The lowest BCUT2D eigenvalue weighted by Crippen LogP contribution is -2.05. The van der Waals surface area contributed by atoms with Gasteiger partial charge in [-0.25, -0.2) is 4.79 Å². The van der Waals surface area contributed by atoms with Gasteiger partial charge >= 0.3 is 5.97 Å². The molecule has 0 heterocycles. The van der Waals surface area contributed by atoms with Crippen LogP contribution in [0, 0.1) is 0 Å². The molecule has 0 spiro atoms. The number of hydrogen-bond donors (Lipinski definition) is 2. The second-order valence-corrected chi connectivity index (χ2v) is 5.13. The largest absolute Gasteiger partial charge is 0.496 e. The number of carbonyl (C=O) groups is 1. The third kappa shape index (κ3) is 4.01. The molecule has 2 N–H and O–H groups in total. The summed E-state index contributed by atoms with van der Waals surface area (Å²) in [4.78, 5) is 12.2. The van der Waals surface area contributed by atoms with Crippen molar-refractivity contribution < 1.29 is 24.5 Å². The third-order valence-electron chi connectivity index (χ3n) is 3.65. The van der Waals surface area contributed by atoms with Crippen LogP contribution >= 0.6 is 0 Å². The predicted octanol–water partition coefficient (Wildman–Crippen LogP) is 2.39. The van der Waals surface area contributed by atoms with Crippen LogP contribution < -0.4 is 4.74 Å². The molecule has 0 unspecified atom stereocenters. The highest BCUT2D eigenvalue weighted by Crippen LogP contribution is 2.27. The molecule has 2 aromatic carbocycles. The molecule has 24 heavy (non-hydrogen) atoms. The predicted molar refractivity (Wildman–Crippen MR) is 91.2 cm³/mol. The molecule has 0 saturated carbocycles. The Balaban J connectivity index is 2.48. The number of hydrogen-bond acceptors (Lipinski definition) is 5. The van der Waals surface area contributed by atoms with E-state index < -0.39 is 5.97 Å². The average Bonchev–Trinajstić information content (AvgIpc) is 2.65. The summed E-state index contributed by atoms with van der Waals surface area (Å²) in [5.74, 6) is 0.0282. The molecular weight excluding hydrogens is 308 g/mol. The van der Waals surface area contributed by atoms with Crippen LogP contribution in [-0.4, -0.2) is 30.4 Å². The molecule has 0 aliphatic rings. The summed E-state index contributed by atoms with van der Waals surface area (Å²) in [5.41, 5.74) is 3.23. The minimum atomic E-state index is -0.472. The summed E-state index contributed by atoms with van der Waals surface area (Å²) in [5, 5.41) is 18.4. The number of carbonyl (C=O) groups excluding carboxylic acids is 1. The number of aliphatic hydroxyl groups excluding tert-OH is 2. The van der Waals surface area contributed by atoms with Crippen molar-refractivity contribution in [3.05, 3.63) is 64.7 Å². The van der Waals surface area contributed by atoms with Crippen molar-refractivity contribution in [3.8, 4) is 5.75 Å². The Morgan fingerprint density at radius 2 is 1.75 bits per heavy atom. The quantitative estimate of drug-likeness (QED) is 0.484. The summed E-state index contributed by atoms with van der Waals surface area (Å²) < 4.78 is 10.1. The summed E-state index contributed by atoms with van der Waals surface area (Å²) >= 11 is 0. The van der Waals surface area contributed by atoms with Crippen molar-refractivity contribution in [3.63, 3.8) is 0 Å². The molecule has 0 saturated heterocycles. The summed E-state index contributed by atoms with van der Waals surface area (Å²) in [7, 11) is 2.83. The third-order valence-corrected chi connectivity index (χ3v) is 3.65. The van der Waals surface area contributed by atoms with Gasteiger partial charge in [0.1, 0.15) is 5.75 Å². The Kier molecular flexibility index (Phi) is 6.12. The van der Waals surface area contributed by atoms with Crippen molar-refractivity contribution in [2.24, 2.45) is 0 Å². The first-order chi connectivity index (χ1) is 11.6. The first-order valence-corrected chi connectivity index (χ1v) is 7.41. The van der Waals surface area contributed by atoms with Crippen LogP contribution in [0.4, 0.5) is 0 Å². The van der Waals surface area contributed by atoms with Gasteiger partial charge in [0.05, 0.1) is 33.0 Å². The molecule has 2 aromatic rings. The van der Waals surface area contributed by atoms with E-state index in [-0.39, 0.29) is 13.2 Å². The van der Waals surface area contributed by atoms with E-state index in [9.17, 15) is 9.90 Å². The number of benzene rings is 2. The first kappa shape index (κ1) is 17.7. The van der Waals surface area contributed by atoms with Crippen LogP contribution in [-0.2, 0) is 22.7 Å². The SMILES string of the molecule is COC(=O)/C(=C/c1ccc(CO)cc1)c1ccc(CO)c(OC)c1. The lowest BCUT2D eigenvalue weighted by atomic mass is 10.0. The fourth-order valence-electron chi connectivity index (χ4n) is 2.30. The highest BCUT2D eigenvalue weighted by Gasteiger charge is 2.15. The second-order valence-electron chi connectivity index (χ2n) is 5.13. The molecule has 0 amide bonds. The summed E-state index contributed by atoms with van der Waals surface area (Å²) in [6, 6.07) is 12.3. The highest BCUT2D eigenvalue weighted by molar-refractivity contribution is 6.21. The minimum Gasteiger partial charge on any atom is -0.496 e. The van der Waals surface area contributed by atoms with Gasteiger partial charge in [0, 0.05) is 5.56 Å². The van der Waals surface area contributed by atoms with E-state index in [0.29, 0.717) is 22.4 Å². The van der Waals surface area contributed by atoms with Gasteiger partial charge in [-0.05, 0) is 28.8 Å². The van der Waals surface area contributed by atoms with Crippen molar-refractivity contribution in [1.82, 2.24) is 0 Å². The lowest BCUT2D eigenvalue weighted by molar-refractivity contribution is -0.133. The zero-order valence-corrected chi connectivity index (χ0v) is 13.7. The maximum atomic E-state index is 12.2. The summed E-state index contributed by atoms with van der Waals surface area (Å²) in [6.45, 7) is -0.184. The number of rotatable bonds is 6. The number of aliphatic hydroxyl groups is 2. The molecule has 126 valence electrons. The topological polar surface area (TPSA) is 76.0 Å². The van der Waals surface area contributed by atoms with E-state index in [1.165, 1.54) is 14.2 Å². The molecule has 0 atom stereocenters. The zero-order valence-electron chi connectivity index (χ0n) is 13.7. The van der Waals surface area contributed by atoms with E-state index in [0.717, 1.165) is 11.1 Å². The van der Waals surface area contributed by atoms with Gasteiger partial charge in [0.15, 0.2) is 0 Å². The molecule has 0 radical (unpaired) electrons. The Morgan fingerprint density at radius 1 is 1.04 bits per heavy atom. The molecule has 2 rings (SSSR count). The van der Waals surface area contributed by atoms with Crippen molar-refractivity contribution >= 4 is 17.6 Å². The Morgan fingerprint density at radius 3 is 2.29 bits per heavy atom. The number of esters is 1. The van der Waals surface area contributed by atoms with E-state index in [1.54, 1.807) is 36.4 Å². The molecule has 5 nitrogen and oxygen atoms in total. The number of methoxy groups -OCH3 is 2. The molecule has 0 aliphatic carbocycles. The van der Waals surface area contributed by atoms with Gasteiger partial charge in [-0.3, -0.25) is 0 Å². The van der Waals surface area contributed by atoms with Crippen LogP contribution in [0.1, 0.15) is 22.3 Å². The van der Waals surface area contributed by atoms with E-state index in [1.807, 2.05) is 12.1 Å². The summed E-state index contributed by atoms with van der Waals surface area (Å²) in [6.07, 6.45) is 1.71. The maximum Gasteiger partial charge on any atom is 0.338 e. The zero-order chi connectivity index (χ0) is 17.5. The van der Waals surface area contributed by atoms with Crippen molar-refractivity contribution in [2.75, 3.05) is 14.2 Å². The smallest absolute Gasteiger partial charge is 0.338 e. The van der Waals surface area contributed by atoms with E-state index in [4.69, 9.17) is 14.6 Å². The van der Waals surface area contributed by atoms with Gasteiger partial charge in [0.2, 0.25) is 0 Å². The van der Waals surface area contributed by atoms with Gasteiger partial charge in [-0.2, -0.15) is 0 Å². The standard InChI is InChI=1S/C19H20O5/c1-23-18-10-15(7-8-16(18)12-21)17(19(22)24-2)9-13-3-5-14(11-20)6-4-13/h3-10,20-21H,11-12H2,1-2H3/b17-9+. The van der Waals surface area contributed by atoms with Gasteiger partial charge in [-0.15, -0.1) is 0 Å². The maximum absolute atomic E-state index is 12.2. The van der Waals surface area contributed by atoms with Crippen LogP contribution in [0.25, 0.3) is 11.6 Å². The van der Waals surface area contributed by atoms with Gasteiger partial charge in [0.25, 0.3) is 0 Å².